The predicted molar refractivity (Wildman–Crippen MR) is 201 cm³/mol. The van der Waals surface area contributed by atoms with Gasteiger partial charge in [-0.1, -0.05) is 84.9 Å². The molecule has 2 atom stereocenters. The number of benzene rings is 4. The lowest BCUT2D eigenvalue weighted by atomic mass is 10.0. The topological polar surface area (TPSA) is 176 Å². The number of carbonyl (C=O) groups excluding carboxylic acids is 2. The maximum Gasteiger partial charge on any atom is 0.251 e. The van der Waals surface area contributed by atoms with Crippen molar-refractivity contribution in [2.75, 3.05) is 12.3 Å². The fraction of sp³-hybridized carbons (Fsp3) is 0.225. The van der Waals surface area contributed by atoms with Crippen LogP contribution in [-0.2, 0) is 47.3 Å². The van der Waals surface area contributed by atoms with Gasteiger partial charge in [-0.2, -0.15) is 0 Å². The number of anilines is 1. The van der Waals surface area contributed by atoms with E-state index in [1.807, 2.05) is 61.5 Å². The average Bonchev–Trinajstić information content (AvgIpc) is 3.15. The third kappa shape index (κ3) is 11.6. The number of hydrogen-bond acceptors (Lipinski definition) is 8. The normalized spacial score (nSPS) is 12.5. The highest BCUT2D eigenvalue weighted by molar-refractivity contribution is 7.89. The van der Waals surface area contributed by atoms with Crippen molar-refractivity contribution in [3.63, 3.8) is 0 Å². The van der Waals surface area contributed by atoms with Crippen molar-refractivity contribution >= 4 is 27.7 Å². The number of aliphatic hydroxyl groups excluding tert-OH is 1. The molecule has 1 aromatic heterocycles. The van der Waals surface area contributed by atoms with Crippen LogP contribution in [0.5, 0.6) is 0 Å². The molecule has 7 N–H and O–H groups in total. The number of rotatable bonds is 17. The molecule has 0 saturated carbocycles. The molecular formula is C40H44N6O5S. The molecule has 0 saturated heterocycles. The third-order valence-corrected chi connectivity index (χ3v) is 9.87. The quantitative estimate of drug-likeness (QED) is 0.0830. The van der Waals surface area contributed by atoms with Crippen molar-refractivity contribution in [2.45, 2.75) is 56.4 Å². The van der Waals surface area contributed by atoms with Crippen LogP contribution >= 0.6 is 0 Å². The Hall–Kier alpha value is -5.40. The first-order valence-corrected chi connectivity index (χ1v) is 18.5. The number of nitrogens with zero attached hydrogens (tertiary/aromatic N) is 1. The van der Waals surface area contributed by atoms with Gasteiger partial charge in [0.05, 0.1) is 17.4 Å². The van der Waals surface area contributed by atoms with Crippen molar-refractivity contribution in [3.05, 3.63) is 160 Å². The number of nitrogens with two attached hydrogens (primary N) is 1. The zero-order valence-corrected chi connectivity index (χ0v) is 29.8. The number of amides is 2. The van der Waals surface area contributed by atoms with Crippen LogP contribution in [0, 0.1) is 0 Å². The summed E-state index contributed by atoms with van der Waals surface area (Å²) in [6, 6.07) is 34.1. The summed E-state index contributed by atoms with van der Waals surface area (Å²) in [5, 5.41) is 19.6. The van der Waals surface area contributed by atoms with Crippen molar-refractivity contribution < 1.29 is 23.1 Å². The molecule has 0 radical (unpaired) electrons. The second-order valence-electron chi connectivity index (χ2n) is 12.7. The lowest BCUT2D eigenvalue weighted by Gasteiger charge is -2.18. The van der Waals surface area contributed by atoms with E-state index in [1.54, 1.807) is 54.7 Å². The SMILES string of the molecule is CC(Cc1cccc(CC(=O)NCc2ccc(C(=O)NCc3ccc(S(=O)(=O)NCc4ccccc4)cc3)cc2)c1)NCC(O)c1ccc(N)nc1. The smallest absolute Gasteiger partial charge is 0.251 e. The standard InChI is InChI=1S/C40H44N6O5S/c1-28(42-27-37(47)35-16-19-38(41)43-26-35)20-32-8-5-9-33(21-32)22-39(48)44-23-30-10-14-34(15-11-30)40(49)45-24-31-12-17-36(18-13-31)52(50,51)46-25-29-6-3-2-4-7-29/h2-19,21,26,28,37,42,46-47H,20,22-25,27H2,1H3,(H2,41,43)(H,44,48)(H,45,49). The van der Waals surface area contributed by atoms with E-state index in [-0.39, 0.29) is 42.3 Å². The highest BCUT2D eigenvalue weighted by Crippen LogP contribution is 2.15. The molecule has 52 heavy (non-hydrogen) atoms. The van der Waals surface area contributed by atoms with Gasteiger partial charge in [-0.15, -0.1) is 0 Å². The summed E-state index contributed by atoms with van der Waals surface area (Å²) in [7, 11) is -3.67. The van der Waals surface area contributed by atoms with Crippen molar-refractivity contribution in [2.24, 2.45) is 0 Å². The maximum atomic E-state index is 12.8. The number of aliphatic hydroxyl groups is 1. The number of nitrogens with one attached hydrogen (secondary N) is 4. The summed E-state index contributed by atoms with van der Waals surface area (Å²) in [6.07, 6.45) is 1.84. The first-order valence-electron chi connectivity index (χ1n) is 17.0. The number of pyridine rings is 1. The second kappa shape index (κ2) is 18.2. The predicted octanol–water partition coefficient (Wildman–Crippen LogP) is 4.19. The van der Waals surface area contributed by atoms with E-state index in [1.165, 1.54) is 12.1 Å². The molecule has 0 aliphatic heterocycles. The number of carbonyl (C=O) groups is 2. The van der Waals surface area contributed by atoms with Gasteiger partial charge in [-0.25, -0.2) is 18.1 Å². The minimum absolute atomic E-state index is 0.0940. The van der Waals surface area contributed by atoms with E-state index < -0.39 is 16.1 Å². The Labute approximate surface area is 304 Å². The van der Waals surface area contributed by atoms with E-state index in [0.717, 1.165) is 34.2 Å². The van der Waals surface area contributed by atoms with Gasteiger partial charge in [0.1, 0.15) is 5.82 Å². The summed E-state index contributed by atoms with van der Waals surface area (Å²) in [5.74, 6) is 0.0265. The van der Waals surface area contributed by atoms with Gasteiger partial charge < -0.3 is 26.8 Å². The van der Waals surface area contributed by atoms with Crippen LogP contribution < -0.4 is 26.4 Å². The molecule has 4 aromatic carbocycles. The molecular weight excluding hydrogens is 677 g/mol. The monoisotopic (exact) mass is 720 g/mol. The van der Waals surface area contributed by atoms with Crippen LogP contribution in [0.25, 0.3) is 0 Å². The molecule has 5 rings (SSSR count). The van der Waals surface area contributed by atoms with Crippen molar-refractivity contribution in [1.29, 1.82) is 0 Å². The van der Waals surface area contributed by atoms with E-state index in [4.69, 9.17) is 5.73 Å². The van der Waals surface area contributed by atoms with Gasteiger partial charge in [0.25, 0.3) is 5.91 Å². The summed E-state index contributed by atoms with van der Waals surface area (Å²) in [6.45, 7) is 3.17. The second-order valence-corrected chi connectivity index (χ2v) is 14.4. The van der Waals surface area contributed by atoms with Crippen molar-refractivity contribution in [3.8, 4) is 0 Å². The Balaban J connectivity index is 1.02. The molecule has 1 heterocycles. The van der Waals surface area contributed by atoms with Crippen LogP contribution in [-0.4, -0.2) is 42.9 Å². The Morgan fingerprint density at radius 1 is 0.750 bits per heavy atom. The van der Waals surface area contributed by atoms with Gasteiger partial charge >= 0.3 is 0 Å². The van der Waals surface area contributed by atoms with E-state index in [9.17, 15) is 23.1 Å². The minimum atomic E-state index is -3.67. The lowest BCUT2D eigenvalue weighted by molar-refractivity contribution is -0.120. The van der Waals surface area contributed by atoms with Gasteiger partial charge in [0, 0.05) is 49.5 Å². The Kier molecular flexibility index (Phi) is 13.2. The molecule has 11 nitrogen and oxygen atoms in total. The maximum absolute atomic E-state index is 12.8. The van der Waals surface area contributed by atoms with Gasteiger partial charge in [-0.05, 0) is 71.5 Å². The van der Waals surface area contributed by atoms with Crippen LogP contribution in [0.2, 0.25) is 0 Å². The largest absolute Gasteiger partial charge is 0.387 e. The van der Waals surface area contributed by atoms with E-state index in [0.29, 0.717) is 30.0 Å². The summed E-state index contributed by atoms with van der Waals surface area (Å²) < 4.78 is 27.9. The Bertz CT molecular complexity index is 2020. The van der Waals surface area contributed by atoms with Crippen LogP contribution in [0.15, 0.2) is 126 Å². The summed E-state index contributed by atoms with van der Waals surface area (Å²) in [5.41, 5.74) is 11.3. The van der Waals surface area contributed by atoms with E-state index in [2.05, 4.69) is 25.7 Å². The molecule has 2 amide bonds. The Morgan fingerprint density at radius 2 is 1.38 bits per heavy atom. The Morgan fingerprint density at radius 3 is 2.08 bits per heavy atom. The molecule has 0 aliphatic rings. The van der Waals surface area contributed by atoms with Gasteiger partial charge in [0.2, 0.25) is 15.9 Å². The summed E-state index contributed by atoms with van der Waals surface area (Å²) in [4.78, 5) is 29.7. The molecule has 0 aliphatic carbocycles. The van der Waals surface area contributed by atoms with Crippen LogP contribution in [0.1, 0.15) is 56.8 Å². The molecule has 0 bridgehead atoms. The number of nitrogen functional groups attached to an aromatic ring is 1. The first-order chi connectivity index (χ1) is 25.0. The third-order valence-electron chi connectivity index (χ3n) is 8.45. The molecule has 5 aromatic rings. The highest BCUT2D eigenvalue weighted by Gasteiger charge is 2.15. The summed E-state index contributed by atoms with van der Waals surface area (Å²) >= 11 is 0. The first kappa shape index (κ1) is 37.8. The number of aromatic nitrogens is 1. The zero-order chi connectivity index (χ0) is 36.9. The molecule has 270 valence electrons. The molecule has 0 fully saturated rings. The van der Waals surface area contributed by atoms with Crippen molar-refractivity contribution in [1.82, 2.24) is 25.7 Å². The lowest BCUT2D eigenvalue weighted by Crippen LogP contribution is -2.32. The number of hydrogen-bond donors (Lipinski definition) is 6. The van der Waals surface area contributed by atoms with Crippen LogP contribution in [0.3, 0.4) is 0 Å². The average molecular weight is 721 g/mol. The molecule has 2 unspecified atom stereocenters. The molecule has 0 spiro atoms. The highest BCUT2D eigenvalue weighted by atomic mass is 32.2. The van der Waals surface area contributed by atoms with E-state index >= 15 is 0 Å². The van der Waals surface area contributed by atoms with Gasteiger partial charge in [0.15, 0.2) is 0 Å². The zero-order valence-electron chi connectivity index (χ0n) is 29.0. The molecule has 12 heteroatoms. The van der Waals surface area contributed by atoms with Crippen LogP contribution in [0.4, 0.5) is 5.82 Å². The fourth-order valence-electron chi connectivity index (χ4n) is 5.49. The number of sulfonamides is 1. The fourth-order valence-corrected chi connectivity index (χ4v) is 6.51. The van der Waals surface area contributed by atoms with Gasteiger partial charge in [-0.3, -0.25) is 9.59 Å². The minimum Gasteiger partial charge on any atom is -0.387 e.